The van der Waals surface area contributed by atoms with E-state index in [-0.39, 0.29) is 35.4 Å². The Morgan fingerprint density at radius 2 is 1.59 bits per heavy atom. The van der Waals surface area contributed by atoms with Gasteiger partial charge in [0.25, 0.3) is 5.91 Å². The SMILES string of the molecule is O=C(CCCN1CCC2C(C1)c1cc(F)ccc1N2c1ccc(F)cc1)N1CCN(C(=O)c2cccc(Br)c2)CC1. The van der Waals surface area contributed by atoms with Gasteiger partial charge in [0.05, 0.1) is 0 Å². The number of nitrogens with zero attached hydrogens (tertiary/aromatic N) is 4. The molecule has 0 saturated carbocycles. The van der Waals surface area contributed by atoms with E-state index >= 15 is 0 Å². The van der Waals surface area contributed by atoms with Gasteiger partial charge in [-0.3, -0.25) is 9.59 Å². The first-order chi connectivity index (χ1) is 19.9. The van der Waals surface area contributed by atoms with Crippen LogP contribution in [-0.4, -0.2) is 78.4 Å². The summed E-state index contributed by atoms with van der Waals surface area (Å²) in [4.78, 5) is 34.1. The maximum Gasteiger partial charge on any atom is 0.254 e. The topological polar surface area (TPSA) is 47.1 Å². The third kappa shape index (κ3) is 5.88. The smallest absolute Gasteiger partial charge is 0.254 e. The first kappa shape index (κ1) is 27.8. The molecular weight excluding hydrogens is 590 g/mol. The molecule has 0 N–H and O–H groups in total. The number of halogens is 3. The zero-order chi connectivity index (χ0) is 28.5. The van der Waals surface area contributed by atoms with E-state index in [1.807, 2.05) is 40.1 Å². The predicted octanol–water partition coefficient (Wildman–Crippen LogP) is 5.80. The van der Waals surface area contributed by atoms with Crippen LogP contribution >= 0.6 is 15.9 Å². The highest BCUT2D eigenvalue weighted by molar-refractivity contribution is 9.10. The van der Waals surface area contributed by atoms with Crippen molar-refractivity contribution in [3.8, 4) is 0 Å². The van der Waals surface area contributed by atoms with Gasteiger partial charge in [0, 0.05) is 79.1 Å². The van der Waals surface area contributed by atoms with Crippen molar-refractivity contribution in [2.45, 2.75) is 31.2 Å². The van der Waals surface area contributed by atoms with Crippen molar-refractivity contribution >= 4 is 39.1 Å². The first-order valence-corrected chi connectivity index (χ1v) is 15.1. The predicted molar refractivity (Wildman–Crippen MR) is 158 cm³/mol. The molecule has 6 rings (SSSR count). The van der Waals surface area contributed by atoms with Crippen LogP contribution in [-0.2, 0) is 4.79 Å². The lowest BCUT2D eigenvalue weighted by molar-refractivity contribution is -0.132. The van der Waals surface area contributed by atoms with Crippen LogP contribution in [0.4, 0.5) is 20.2 Å². The molecule has 0 spiro atoms. The number of anilines is 2. The van der Waals surface area contributed by atoms with Crippen LogP contribution in [0.1, 0.15) is 41.1 Å². The zero-order valence-corrected chi connectivity index (χ0v) is 24.4. The molecule has 3 heterocycles. The fourth-order valence-electron chi connectivity index (χ4n) is 6.55. The molecule has 6 nitrogen and oxygen atoms in total. The summed E-state index contributed by atoms with van der Waals surface area (Å²) in [6.45, 7) is 4.65. The van der Waals surface area contributed by atoms with Gasteiger partial charge in [-0.25, -0.2) is 8.78 Å². The molecule has 3 aromatic carbocycles. The van der Waals surface area contributed by atoms with E-state index in [4.69, 9.17) is 0 Å². The number of piperazine rings is 1. The highest BCUT2D eigenvalue weighted by atomic mass is 79.9. The van der Waals surface area contributed by atoms with Gasteiger partial charge in [-0.1, -0.05) is 22.0 Å². The Kier molecular flexibility index (Phi) is 8.08. The van der Waals surface area contributed by atoms with Crippen LogP contribution in [0.25, 0.3) is 0 Å². The Labute approximate surface area is 247 Å². The molecule has 3 aliphatic rings. The monoisotopic (exact) mass is 622 g/mol. The van der Waals surface area contributed by atoms with E-state index in [1.54, 1.807) is 18.2 Å². The standard InChI is InChI=1S/C32H33BrF2N4O2/c33-23-4-1-3-22(19-23)32(41)38-17-15-37(16-18-38)31(40)5-2-13-36-14-12-30-28(21-36)27-20-25(35)8-11-29(27)39(30)26-9-6-24(34)7-10-26/h1,3-4,6-11,19-20,28,30H,2,5,12-18,21H2. The minimum atomic E-state index is -0.274. The van der Waals surface area contributed by atoms with Gasteiger partial charge in [0.2, 0.25) is 5.91 Å². The van der Waals surface area contributed by atoms with E-state index < -0.39 is 0 Å². The third-order valence-corrected chi connectivity index (χ3v) is 9.09. The summed E-state index contributed by atoms with van der Waals surface area (Å²) >= 11 is 3.42. The van der Waals surface area contributed by atoms with E-state index in [9.17, 15) is 18.4 Å². The van der Waals surface area contributed by atoms with Crippen molar-refractivity contribution in [2.24, 2.45) is 0 Å². The molecule has 0 bridgehead atoms. The largest absolute Gasteiger partial charge is 0.339 e. The average molecular weight is 624 g/mol. The molecular formula is C32H33BrF2N4O2. The second-order valence-corrected chi connectivity index (χ2v) is 12.0. The summed E-state index contributed by atoms with van der Waals surface area (Å²) in [5.74, 6) is -0.252. The van der Waals surface area contributed by atoms with Crippen molar-refractivity contribution in [3.05, 3.63) is 94.0 Å². The van der Waals surface area contributed by atoms with Crippen molar-refractivity contribution in [2.75, 3.05) is 50.7 Å². The Hall–Kier alpha value is -3.30. The average Bonchev–Trinajstić information content (AvgIpc) is 3.30. The van der Waals surface area contributed by atoms with Crippen LogP contribution in [0.15, 0.2) is 71.2 Å². The molecule has 214 valence electrons. The molecule has 9 heteroatoms. The summed E-state index contributed by atoms with van der Waals surface area (Å²) < 4.78 is 28.8. The zero-order valence-electron chi connectivity index (χ0n) is 22.8. The molecule has 2 atom stereocenters. The fraction of sp³-hybridized carbons (Fsp3) is 0.375. The van der Waals surface area contributed by atoms with Crippen LogP contribution in [0, 0.1) is 11.6 Å². The molecule has 0 aromatic heterocycles. The van der Waals surface area contributed by atoms with E-state index in [2.05, 4.69) is 25.7 Å². The van der Waals surface area contributed by atoms with E-state index in [1.165, 1.54) is 18.2 Å². The molecule has 2 amide bonds. The highest BCUT2D eigenvalue weighted by Crippen LogP contribution is 2.48. The Morgan fingerprint density at radius 1 is 0.854 bits per heavy atom. The minimum Gasteiger partial charge on any atom is -0.339 e. The number of carbonyl (C=O) groups excluding carboxylic acids is 2. The molecule has 3 aromatic rings. The quantitative estimate of drug-likeness (QED) is 0.349. The first-order valence-electron chi connectivity index (χ1n) is 14.3. The second kappa shape index (κ2) is 11.9. The Bertz CT molecular complexity index is 1430. The number of amides is 2. The van der Waals surface area contributed by atoms with Crippen molar-refractivity contribution in [1.29, 1.82) is 0 Å². The van der Waals surface area contributed by atoms with Crippen LogP contribution in [0.2, 0.25) is 0 Å². The van der Waals surface area contributed by atoms with Gasteiger partial charge in [0.1, 0.15) is 11.6 Å². The molecule has 2 unspecified atom stereocenters. The van der Waals surface area contributed by atoms with Crippen molar-refractivity contribution in [1.82, 2.24) is 14.7 Å². The number of fused-ring (bicyclic) bond motifs is 3. The number of likely N-dealkylation sites (tertiary alicyclic amines) is 1. The molecule has 0 radical (unpaired) electrons. The number of benzene rings is 3. The van der Waals surface area contributed by atoms with Gasteiger partial charge in [0.15, 0.2) is 0 Å². The lowest BCUT2D eigenvalue weighted by Crippen LogP contribution is -2.50. The Morgan fingerprint density at radius 3 is 2.34 bits per heavy atom. The van der Waals surface area contributed by atoms with Crippen LogP contribution in [0.5, 0.6) is 0 Å². The fourth-order valence-corrected chi connectivity index (χ4v) is 6.95. The molecule has 41 heavy (non-hydrogen) atoms. The number of hydrogen-bond donors (Lipinski definition) is 0. The van der Waals surface area contributed by atoms with E-state index in [0.29, 0.717) is 38.2 Å². The second-order valence-electron chi connectivity index (χ2n) is 11.1. The summed E-state index contributed by atoms with van der Waals surface area (Å²) in [7, 11) is 0. The highest BCUT2D eigenvalue weighted by Gasteiger charge is 2.42. The summed E-state index contributed by atoms with van der Waals surface area (Å²) in [6.07, 6.45) is 2.13. The molecule has 0 aliphatic carbocycles. The van der Waals surface area contributed by atoms with E-state index in [0.717, 1.165) is 53.9 Å². The number of carbonyl (C=O) groups is 2. The maximum atomic E-state index is 14.3. The number of rotatable bonds is 6. The van der Waals surface area contributed by atoms with Gasteiger partial charge < -0.3 is 19.6 Å². The van der Waals surface area contributed by atoms with Crippen molar-refractivity contribution < 1.29 is 18.4 Å². The lowest BCUT2D eigenvalue weighted by Gasteiger charge is -2.39. The number of hydrogen-bond acceptors (Lipinski definition) is 4. The summed E-state index contributed by atoms with van der Waals surface area (Å²) in [6, 6.07) is 19.1. The molecule has 2 saturated heterocycles. The normalized spacial score (nSPS) is 20.6. The van der Waals surface area contributed by atoms with Crippen molar-refractivity contribution in [3.63, 3.8) is 0 Å². The number of piperidine rings is 1. The van der Waals surface area contributed by atoms with Gasteiger partial charge >= 0.3 is 0 Å². The van der Waals surface area contributed by atoms with Gasteiger partial charge in [-0.05, 0) is 85.6 Å². The summed E-state index contributed by atoms with van der Waals surface area (Å²) in [5.41, 5.74) is 3.55. The maximum absolute atomic E-state index is 14.3. The van der Waals surface area contributed by atoms with Gasteiger partial charge in [-0.2, -0.15) is 0 Å². The lowest BCUT2D eigenvalue weighted by atomic mass is 9.89. The minimum absolute atomic E-state index is 0.00633. The Balaban J connectivity index is 1.01. The molecule has 3 aliphatic heterocycles. The third-order valence-electron chi connectivity index (χ3n) is 8.60. The van der Waals surface area contributed by atoms with Crippen LogP contribution in [0.3, 0.4) is 0 Å². The summed E-state index contributed by atoms with van der Waals surface area (Å²) in [5, 5.41) is 0. The van der Waals surface area contributed by atoms with Crippen LogP contribution < -0.4 is 4.90 Å². The van der Waals surface area contributed by atoms with Gasteiger partial charge in [-0.15, -0.1) is 0 Å². The molecule has 2 fully saturated rings.